The zero-order chi connectivity index (χ0) is 20.6. The average Bonchev–Trinajstić information content (AvgIpc) is 3.46. The van der Waals surface area contributed by atoms with Gasteiger partial charge in [-0.1, -0.05) is 0 Å². The number of nitrogens with zero attached hydrogens (tertiary/aromatic N) is 1. The summed E-state index contributed by atoms with van der Waals surface area (Å²) in [5.74, 6) is 2.64. The maximum absolute atomic E-state index is 12.5. The third-order valence-electron chi connectivity index (χ3n) is 5.31. The van der Waals surface area contributed by atoms with Crippen LogP contribution >= 0.6 is 0 Å². The molecule has 0 radical (unpaired) electrons. The van der Waals surface area contributed by atoms with Gasteiger partial charge in [-0.15, -0.1) is 0 Å². The van der Waals surface area contributed by atoms with Crippen LogP contribution in [0.25, 0.3) is 0 Å². The molecule has 1 N–H and O–H groups in total. The summed E-state index contributed by atoms with van der Waals surface area (Å²) in [7, 11) is 4.74. The predicted octanol–water partition coefficient (Wildman–Crippen LogP) is 3.19. The Morgan fingerprint density at radius 2 is 1.83 bits per heavy atom. The van der Waals surface area contributed by atoms with Gasteiger partial charge in [-0.3, -0.25) is 9.69 Å². The van der Waals surface area contributed by atoms with Crippen LogP contribution in [0.15, 0.2) is 34.9 Å². The van der Waals surface area contributed by atoms with Crippen LogP contribution in [0.4, 0.5) is 0 Å². The number of rotatable bonds is 10. The zero-order valence-corrected chi connectivity index (χ0v) is 17.4. The van der Waals surface area contributed by atoms with Gasteiger partial charge in [-0.05, 0) is 62.2 Å². The lowest BCUT2D eigenvalue weighted by molar-refractivity contribution is -0.121. The van der Waals surface area contributed by atoms with E-state index >= 15 is 0 Å². The fraction of sp³-hybridized carbons (Fsp3) is 0.500. The molecule has 158 valence electrons. The maximum Gasteiger partial charge on any atom is 0.220 e. The minimum atomic E-state index is 0.00880. The van der Waals surface area contributed by atoms with Crippen molar-refractivity contribution in [3.8, 4) is 17.2 Å². The first kappa shape index (κ1) is 21.0. The van der Waals surface area contributed by atoms with E-state index in [0.717, 1.165) is 24.4 Å². The van der Waals surface area contributed by atoms with Crippen molar-refractivity contribution in [1.82, 2.24) is 10.2 Å². The van der Waals surface area contributed by atoms with E-state index in [1.807, 2.05) is 24.3 Å². The molecule has 0 saturated carbocycles. The highest BCUT2D eigenvalue weighted by molar-refractivity contribution is 5.76. The number of amides is 1. The zero-order valence-electron chi connectivity index (χ0n) is 17.4. The first-order chi connectivity index (χ1) is 14.2. The van der Waals surface area contributed by atoms with E-state index in [1.165, 1.54) is 12.8 Å². The first-order valence-corrected chi connectivity index (χ1v) is 9.99. The monoisotopic (exact) mass is 402 g/mol. The van der Waals surface area contributed by atoms with E-state index in [4.69, 9.17) is 18.6 Å². The summed E-state index contributed by atoms with van der Waals surface area (Å²) in [6.07, 6.45) is 5.02. The number of nitrogens with one attached hydrogen (secondary N) is 1. The molecule has 2 aromatic rings. The van der Waals surface area contributed by atoms with Crippen molar-refractivity contribution in [1.29, 1.82) is 0 Å². The summed E-state index contributed by atoms with van der Waals surface area (Å²) < 4.78 is 21.7. The van der Waals surface area contributed by atoms with E-state index in [9.17, 15) is 4.79 Å². The van der Waals surface area contributed by atoms with Gasteiger partial charge in [-0.2, -0.15) is 0 Å². The number of furan rings is 1. The van der Waals surface area contributed by atoms with Crippen LogP contribution < -0.4 is 19.5 Å². The van der Waals surface area contributed by atoms with E-state index in [0.29, 0.717) is 36.6 Å². The molecule has 7 heteroatoms. The molecule has 1 aromatic heterocycles. The highest BCUT2D eigenvalue weighted by Crippen LogP contribution is 2.38. The normalized spacial score (nSPS) is 15.1. The molecule has 1 aliphatic heterocycles. The second kappa shape index (κ2) is 10.2. The van der Waals surface area contributed by atoms with Crippen LogP contribution in [0.3, 0.4) is 0 Å². The molecule has 1 unspecified atom stereocenters. The Balaban J connectivity index is 1.58. The summed E-state index contributed by atoms with van der Waals surface area (Å²) in [5, 5.41) is 3.07. The molecule has 1 saturated heterocycles. The SMILES string of the molecule is COc1cc(CCC(=O)NCC(c2ccco2)N2CCCC2)cc(OC)c1OC. The Bertz CT molecular complexity index is 760. The first-order valence-electron chi connectivity index (χ1n) is 9.99. The van der Waals surface area contributed by atoms with Crippen molar-refractivity contribution >= 4 is 5.91 Å². The standard InChI is InChI=1S/C22H30N2O5/c1-26-19-13-16(14-20(27-2)22(19)28-3)8-9-21(25)23-15-17(18-7-6-12-29-18)24-10-4-5-11-24/h6-7,12-14,17H,4-5,8-11,15H2,1-3H3,(H,23,25). The van der Waals surface area contributed by atoms with Gasteiger partial charge in [0, 0.05) is 13.0 Å². The second-order valence-corrected chi connectivity index (χ2v) is 7.11. The summed E-state index contributed by atoms with van der Waals surface area (Å²) in [6, 6.07) is 7.71. The van der Waals surface area contributed by atoms with Crippen molar-refractivity contribution in [3.63, 3.8) is 0 Å². The van der Waals surface area contributed by atoms with Crippen LogP contribution in [0.5, 0.6) is 17.2 Å². The van der Waals surface area contributed by atoms with Gasteiger partial charge in [0.05, 0.1) is 33.6 Å². The Morgan fingerprint density at radius 3 is 2.38 bits per heavy atom. The quantitative estimate of drug-likeness (QED) is 0.658. The van der Waals surface area contributed by atoms with Gasteiger partial charge in [0.1, 0.15) is 5.76 Å². The number of likely N-dealkylation sites (tertiary alicyclic amines) is 1. The fourth-order valence-corrected chi connectivity index (χ4v) is 3.78. The maximum atomic E-state index is 12.5. The van der Waals surface area contributed by atoms with Crippen LogP contribution in [0.2, 0.25) is 0 Å². The van der Waals surface area contributed by atoms with Gasteiger partial charge >= 0.3 is 0 Å². The average molecular weight is 402 g/mol. The number of carbonyl (C=O) groups is 1. The Kier molecular flexibility index (Phi) is 7.41. The predicted molar refractivity (Wildman–Crippen MR) is 110 cm³/mol. The van der Waals surface area contributed by atoms with Gasteiger partial charge in [0.15, 0.2) is 11.5 Å². The molecule has 7 nitrogen and oxygen atoms in total. The topological polar surface area (TPSA) is 73.2 Å². The molecule has 1 aromatic carbocycles. The van der Waals surface area contributed by atoms with E-state index < -0.39 is 0 Å². The lowest BCUT2D eigenvalue weighted by Gasteiger charge is -2.26. The van der Waals surface area contributed by atoms with E-state index in [-0.39, 0.29) is 11.9 Å². The lowest BCUT2D eigenvalue weighted by Crippen LogP contribution is -2.36. The Hall–Kier alpha value is -2.67. The molecule has 0 aliphatic carbocycles. The van der Waals surface area contributed by atoms with Crippen LogP contribution in [-0.2, 0) is 11.2 Å². The molecule has 0 spiro atoms. The molecular formula is C22H30N2O5. The highest BCUT2D eigenvalue weighted by atomic mass is 16.5. The van der Waals surface area contributed by atoms with Gasteiger partial charge in [0.2, 0.25) is 11.7 Å². The summed E-state index contributed by atoms with van der Waals surface area (Å²) in [5.41, 5.74) is 0.955. The van der Waals surface area contributed by atoms with Gasteiger partial charge in [0.25, 0.3) is 0 Å². The number of ether oxygens (including phenoxy) is 3. The molecule has 1 amide bonds. The lowest BCUT2D eigenvalue weighted by atomic mass is 10.1. The van der Waals surface area contributed by atoms with Crippen molar-refractivity contribution in [2.24, 2.45) is 0 Å². The number of methoxy groups -OCH3 is 3. The molecule has 1 aliphatic rings. The highest BCUT2D eigenvalue weighted by Gasteiger charge is 2.25. The number of hydrogen-bond donors (Lipinski definition) is 1. The fourth-order valence-electron chi connectivity index (χ4n) is 3.78. The summed E-state index contributed by atoms with van der Waals surface area (Å²) in [6.45, 7) is 2.61. The third kappa shape index (κ3) is 5.23. The number of benzene rings is 1. The molecular weight excluding hydrogens is 372 g/mol. The molecule has 0 bridgehead atoms. The molecule has 29 heavy (non-hydrogen) atoms. The number of aryl methyl sites for hydroxylation is 1. The molecule has 2 heterocycles. The molecule has 3 rings (SSSR count). The third-order valence-corrected chi connectivity index (χ3v) is 5.31. The van der Waals surface area contributed by atoms with Crippen LogP contribution in [0, 0.1) is 0 Å². The van der Waals surface area contributed by atoms with Crippen LogP contribution in [-0.4, -0.2) is 51.8 Å². The van der Waals surface area contributed by atoms with Crippen molar-refractivity contribution < 1.29 is 23.4 Å². The number of carbonyl (C=O) groups excluding carboxylic acids is 1. The Morgan fingerprint density at radius 1 is 1.14 bits per heavy atom. The molecule has 1 atom stereocenters. The van der Waals surface area contributed by atoms with Crippen molar-refractivity contribution in [3.05, 3.63) is 41.9 Å². The largest absolute Gasteiger partial charge is 0.493 e. The summed E-state index contributed by atoms with van der Waals surface area (Å²) >= 11 is 0. The van der Waals surface area contributed by atoms with Crippen molar-refractivity contribution in [2.45, 2.75) is 31.7 Å². The van der Waals surface area contributed by atoms with Crippen LogP contribution in [0.1, 0.15) is 36.6 Å². The van der Waals surface area contributed by atoms with Crippen molar-refractivity contribution in [2.75, 3.05) is 41.0 Å². The second-order valence-electron chi connectivity index (χ2n) is 7.11. The van der Waals surface area contributed by atoms with E-state index in [1.54, 1.807) is 27.6 Å². The van der Waals surface area contributed by atoms with Gasteiger partial charge < -0.3 is 23.9 Å². The Labute approximate surface area is 171 Å². The smallest absolute Gasteiger partial charge is 0.220 e. The van der Waals surface area contributed by atoms with E-state index in [2.05, 4.69) is 10.2 Å². The summed E-state index contributed by atoms with van der Waals surface area (Å²) in [4.78, 5) is 14.9. The minimum absolute atomic E-state index is 0.00880. The number of hydrogen-bond acceptors (Lipinski definition) is 6. The minimum Gasteiger partial charge on any atom is -0.493 e. The van der Waals surface area contributed by atoms with Gasteiger partial charge in [-0.25, -0.2) is 0 Å². The molecule has 1 fully saturated rings.